The number of benzene rings is 1. The molecule has 1 aromatic carbocycles. The largest absolute Gasteiger partial charge is 0.371 e. The van der Waals surface area contributed by atoms with Crippen molar-refractivity contribution in [1.82, 2.24) is 9.80 Å². The number of carbonyl (C=O) groups is 1. The van der Waals surface area contributed by atoms with Gasteiger partial charge in [-0.3, -0.25) is 4.79 Å². The van der Waals surface area contributed by atoms with Gasteiger partial charge in [0.25, 0.3) is 0 Å². The van der Waals surface area contributed by atoms with Crippen LogP contribution in [0.2, 0.25) is 0 Å². The molecule has 1 amide bonds. The third-order valence-corrected chi connectivity index (χ3v) is 6.38. The molecule has 28 heavy (non-hydrogen) atoms. The molecule has 3 rings (SSSR count). The second-order valence-electron chi connectivity index (χ2n) is 7.22. The van der Waals surface area contributed by atoms with E-state index in [1.807, 2.05) is 0 Å². The fourth-order valence-electron chi connectivity index (χ4n) is 3.78. The Morgan fingerprint density at radius 3 is 2.43 bits per heavy atom. The van der Waals surface area contributed by atoms with Crippen LogP contribution in [0.1, 0.15) is 25.7 Å². The summed E-state index contributed by atoms with van der Waals surface area (Å²) in [4.78, 5) is 15.6. The Balaban J connectivity index is 1.74. The van der Waals surface area contributed by atoms with Crippen molar-refractivity contribution in [1.29, 1.82) is 5.26 Å². The first kappa shape index (κ1) is 20.3. The number of hydrogen-bond donors (Lipinski definition) is 1. The van der Waals surface area contributed by atoms with Crippen molar-refractivity contribution in [3.8, 4) is 6.19 Å². The number of nitrogens with one attached hydrogen (secondary N) is 1. The molecule has 2 fully saturated rings. The number of carbonyl (C=O) groups excluding carboxylic acids is 1. The first-order chi connectivity index (χ1) is 13.2. The van der Waals surface area contributed by atoms with Crippen molar-refractivity contribution in [3.63, 3.8) is 0 Å². The predicted octanol–water partition coefficient (Wildman–Crippen LogP) is 1.72. The predicted molar refractivity (Wildman–Crippen MR) is 98.0 cm³/mol. The molecule has 0 aromatic heterocycles. The standard InChI is InChI=1S/C18H22F2N4O3S/c1-28(26,27)17-10-13(19)16(9-14(17)20)22-15-3-2-6-24(18(15)25)12-4-7-23(11-21)8-5-12/h9-10,12,15,22H,2-8H2,1H3/t15-/m0/s1. The zero-order valence-electron chi connectivity index (χ0n) is 15.5. The number of nitriles is 1. The number of likely N-dealkylation sites (tertiary alicyclic amines) is 2. The summed E-state index contributed by atoms with van der Waals surface area (Å²) >= 11 is 0. The Labute approximate surface area is 162 Å². The summed E-state index contributed by atoms with van der Waals surface area (Å²) in [7, 11) is -3.89. The van der Waals surface area contributed by atoms with Gasteiger partial charge in [0.2, 0.25) is 5.91 Å². The van der Waals surface area contributed by atoms with Gasteiger partial charge in [0, 0.05) is 38.0 Å². The summed E-state index contributed by atoms with van der Waals surface area (Å²) in [6.45, 7) is 1.78. The maximum Gasteiger partial charge on any atom is 0.245 e. The van der Waals surface area contributed by atoms with E-state index in [2.05, 4.69) is 11.5 Å². The van der Waals surface area contributed by atoms with Gasteiger partial charge in [-0.1, -0.05) is 0 Å². The topological polar surface area (TPSA) is 93.5 Å². The number of rotatable bonds is 4. The monoisotopic (exact) mass is 412 g/mol. The van der Waals surface area contributed by atoms with Gasteiger partial charge in [0.05, 0.1) is 5.69 Å². The molecule has 1 aromatic rings. The number of nitrogens with zero attached hydrogens (tertiary/aromatic N) is 3. The summed E-state index contributed by atoms with van der Waals surface area (Å²) in [6, 6.07) is 0.732. The molecule has 1 atom stereocenters. The lowest BCUT2D eigenvalue weighted by Gasteiger charge is -2.41. The number of amides is 1. The van der Waals surface area contributed by atoms with Gasteiger partial charge in [-0.05, 0) is 31.7 Å². The number of hydrogen-bond acceptors (Lipinski definition) is 6. The Morgan fingerprint density at radius 2 is 1.82 bits per heavy atom. The maximum atomic E-state index is 14.3. The fraction of sp³-hybridized carbons (Fsp3) is 0.556. The number of piperidine rings is 2. The Morgan fingerprint density at radius 1 is 1.14 bits per heavy atom. The second-order valence-corrected chi connectivity index (χ2v) is 9.21. The molecule has 1 N–H and O–H groups in total. The maximum absolute atomic E-state index is 14.3. The van der Waals surface area contributed by atoms with Gasteiger partial charge in [-0.15, -0.1) is 0 Å². The zero-order chi connectivity index (χ0) is 20.5. The minimum absolute atomic E-state index is 0.0240. The molecule has 7 nitrogen and oxygen atoms in total. The van der Waals surface area contributed by atoms with E-state index in [0.29, 0.717) is 51.4 Å². The van der Waals surface area contributed by atoms with E-state index in [-0.39, 0.29) is 17.6 Å². The van der Waals surface area contributed by atoms with Crippen LogP contribution in [0, 0.1) is 23.1 Å². The van der Waals surface area contributed by atoms with Crippen LogP contribution >= 0.6 is 0 Å². The molecular formula is C18H22F2N4O3S. The van der Waals surface area contributed by atoms with Crippen molar-refractivity contribution in [2.75, 3.05) is 31.2 Å². The highest BCUT2D eigenvalue weighted by Gasteiger charge is 2.35. The van der Waals surface area contributed by atoms with E-state index < -0.39 is 32.4 Å². The lowest BCUT2D eigenvalue weighted by molar-refractivity contribution is -0.137. The van der Waals surface area contributed by atoms with Crippen molar-refractivity contribution < 1.29 is 22.0 Å². The lowest BCUT2D eigenvalue weighted by Crippen LogP contribution is -2.54. The molecule has 0 radical (unpaired) electrons. The van der Waals surface area contributed by atoms with E-state index in [1.54, 1.807) is 9.80 Å². The minimum atomic E-state index is -3.89. The zero-order valence-corrected chi connectivity index (χ0v) is 16.3. The van der Waals surface area contributed by atoms with Crippen LogP contribution in [0.25, 0.3) is 0 Å². The highest BCUT2D eigenvalue weighted by molar-refractivity contribution is 7.90. The molecule has 2 saturated heterocycles. The van der Waals surface area contributed by atoms with Gasteiger partial charge < -0.3 is 15.1 Å². The van der Waals surface area contributed by atoms with Crippen LogP contribution in [0.4, 0.5) is 14.5 Å². The lowest BCUT2D eigenvalue weighted by atomic mass is 9.97. The fourth-order valence-corrected chi connectivity index (χ4v) is 4.52. The van der Waals surface area contributed by atoms with Crippen molar-refractivity contribution in [3.05, 3.63) is 23.8 Å². The number of anilines is 1. The van der Waals surface area contributed by atoms with Gasteiger partial charge in [-0.2, -0.15) is 5.26 Å². The quantitative estimate of drug-likeness (QED) is 0.757. The first-order valence-electron chi connectivity index (χ1n) is 9.11. The average molecular weight is 412 g/mol. The van der Waals surface area contributed by atoms with E-state index >= 15 is 0 Å². The number of sulfone groups is 1. The van der Waals surface area contributed by atoms with Crippen LogP contribution in [0.5, 0.6) is 0 Å². The SMILES string of the molecule is CS(=O)(=O)c1cc(F)c(N[C@H]2CCCN(C3CCN(C#N)CC3)C2=O)cc1F. The van der Waals surface area contributed by atoms with Crippen LogP contribution in [0.3, 0.4) is 0 Å². The number of halogens is 2. The summed E-state index contributed by atoms with van der Waals surface area (Å²) in [5.41, 5.74) is -0.232. The van der Waals surface area contributed by atoms with Crippen molar-refractivity contribution in [2.45, 2.75) is 42.7 Å². The molecule has 2 aliphatic heterocycles. The molecule has 0 saturated carbocycles. The summed E-state index contributed by atoms with van der Waals surface area (Å²) in [5, 5.41) is 11.7. The summed E-state index contributed by atoms with van der Waals surface area (Å²) < 4.78 is 51.4. The van der Waals surface area contributed by atoms with Crippen LogP contribution in [-0.4, -0.2) is 62.1 Å². The van der Waals surface area contributed by atoms with Crippen LogP contribution in [0.15, 0.2) is 17.0 Å². The van der Waals surface area contributed by atoms with E-state index in [9.17, 15) is 22.0 Å². The molecule has 2 aliphatic rings. The molecule has 152 valence electrons. The van der Waals surface area contributed by atoms with Crippen molar-refractivity contribution >= 4 is 21.4 Å². The van der Waals surface area contributed by atoms with Crippen LogP contribution < -0.4 is 5.32 Å². The molecule has 0 unspecified atom stereocenters. The van der Waals surface area contributed by atoms with Crippen molar-refractivity contribution in [2.24, 2.45) is 0 Å². The Kier molecular flexibility index (Phi) is 5.74. The van der Waals surface area contributed by atoms with Crippen LogP contribution in [-0.2, 0) is 14.6 Å². The molecule has 2 heterocycles. The van der Waals surface area contributed by atoms with Gasteiger partial charge in [-0.25, -0.2) is 17.2 Å². The molecule has 10 heteroatoms. The molecule has 0 spiro atoms. The van der Waals surface area contributed by atoms with E-state index in [1.165, 1.54) is 0 Å². The van der Waals surface area contributed by atoms with Gasteiger partial charge >= 0.3 is 0 Å². The summed E-state index contributed by atoms with van der Waals surface area (Å²) in [5.74, 6) is -2.17. The molecule has 0 bridgehead atoms. The third kappa shape index (κ3) is 4.19. The van der Waals surface area contributed by atoms with E-state index in [0.717, 1.165) is 12.3 Å². The second kappa shape index (κ2) is 7.91. The summed E-state index contributed by atoms with van der Waals surface area (Å²) in [6.07, 6.45) is 5.48. The Bertz CT molecular complexity index is 908. The smallest absolute Gasteiger partial charge is 0.245 e. The minimum Gasteiger partial charge on any atom is -0.371 e. The third-order valence-electron chi connectivity index (χ3n) is 5.27. The molecule has 0 aliphatic carbocycles. The molecular weight excluding hydrogens is 390 g/mol. The first-order valence-corrected chi connectivity index (χ1v) is 11.0. The highest BCUT2D eigenvalue weighted by atomic mass is 32.2. The van der Waals surface area contributed by atoms with E-state index in [4.69, 9.17) is 5.26 Å². The normalized spacial score (nSPS) is 21.5. The van der Waals surface area contributed by atoms with Gasteiger partial charge in [0.15, 0.2) is 16.0 Å². The Hall–Kier alpha value is -2.41. The average Bonchev–Trinajstić information content (AvgIpc) is 2.65. The highest BCUT2D eigenvalue weighted by Crippen LogP contribution is 2.27. The van der Waals surface area contributed by atoms with Gasteiger partial charge in [0.1, 0.15) is 22.6 Å².